The largest absolute Gasteiger partial charge is 0.275 e. The van der Waals surface area contributed by atoms with Crippen LogP contribution in [0.1, 0.15) is 46.8 Å². The number of hydrazone groups is 1. The van der Waals surface area contributed by atoms with E-state index in [2.05, 4.69) is 15.9 Å². The number of hydrogen-bond donors (Lipinski definition) is 0. The Bertz CT molecular complexity index is 1250. The number of carbonyl (C=O) groups is 1. The highest BCUT2D eigenvalue weighted by molar-refractivity contribution is 9.10. The second kappa shape index (κ2) is 9.02. The molecule has 0 aromatic heterocycles. The molecule has 1 saturated carbocycles. The number of halogens is 3. The normalized spacial score (nSPS) is 21.1. The quantitative estimate of drug-likeness (QED) is 0.370. The molecule has 1 amide bonds. The van der Waals surface area contributed by atoms with Crippen LogP contribution in [0.15, 0.2) is 87.9 Å². The summed E-state index contributed by atoms with van der Waals surface area (Å²) in [7, 11) is 0. The molecule has 5 rings (SSSR count). The van der Waals surface area contributed by atoms with Crippen LogP contribution in [0.2, 0.25) is 0 Å². The summed E-state index contributed by atoms with van der Waals surface area (Å²) < 4.78 is 27.7. The minimum absolute atomic E-state index is 0.00217. The maximum absolute atomic E-state index is 13.7. The Morgan fingerprint density at radius 3 is 2.33 bits per heavy atom. The highest BCUT2D eigenvalue weighted by Crippen LogP contribution is 2.45. The number of fused-ring (bicyclic) bond motifs is 1. The second-order valence-electron chi connectivity index (χ2n) is 8.33. The van der Waals surface area contributed by atoms with Crippen LogP contribution in [0.25, 0.3) is 6.08 Å². The van der Waals surface area contributed by atoms with Crippen molar-refractivity contribution in [2.24, 2.45) is 11.0 Å². The van der Waals surface area contributed by atoms with E-state index in [4.69, 9.17) is 5.10 Å². The third-order valence-electron chi connectivity index (χ3n) is 6.24. The summed E-state index contributed by atoms with van der Waals surface area (Å²) in [6, 6.07) is 19.6. The molecular weight excluding hydrogens is 486 g/mol. The fraction of sp³-hybridized carbons (Fsp3) is 0.185. The Labute approximate surface area is 199 Å². The Hall–Kier alpha value is -3.12. The van der Waals surface area contributed by atoms with Crippen LogP contribution in [0.5, 0.6) is 0 Å². The number of hydrogen-bond acceptors (Lipinski definition) is 2. The van der Waals surface area contributed by atoms with Gasteiger partial charge in [0.05, 0.1) is 17.3 Å². The zero-order valence-electron chi connectivity index (χ0n) is 17.7. The van der Waals surface area contributed by atoms with Gasteiger partial charge in [0.15, 0.2) is 0 Å². The third-order valence-corrected chi connectivity index (χ3v) is 6.93. The lowest BCUT2D eigenvalue weighted by Gasteiger charge is -2.29. The topological polar surface area (TPSA) is 32.7 Å². The SMILES string of the molecule is O=C(c1ccccc1Br)N1N=C2/C(=C/c3ccc(F)cc3)CCC[C@@H]2[C@@H]1c1ccc(F)cc1. The molecule has 0 bridgehead atoms. The predicted octanol–water partition coefficient (Wildman–Crippen LogP) is 7.16. The summed E-state index contributed by atoms with van der Waals surface area (Å²) in [6.45, 7) is 0. The van der Waals surface area contributed by atoms with Gasteiger partial charge < -0.3 is 0 Å². The number of benzene rings is 3. The molecule has 0 N–H and O–H groups in total. The number of rotatable bonds is 3. The van der Waals surface area contributed by atoms with E-state index >= 15 is 0 Å². The van der Waals surface area contributed by atoms with Gasteiger partial charge in [0.1, 0.15) is 11.6 Å². The van der Waals surface area contributed by atoms with Gasteiger partial charge in [0, 0.05) is 10.4 Å². The highest BCUT2D eigenvalue weighted by Gasteiger charge is 2.44. The maximum Gasteiger partial charge on any atom is 0.275 e. The zero-order chi connectivity index (χ0) is 22.9. The van der Waals surface area contributed by atoms with Gasteiger partial charge in [-0.15, -0.1) is 0 Å². The number of nitrogens with zero attached hydrogens (tertiary/aromatic N) is 2. The van der Waals surface area contributed by atoms with Crippen molar-refractivity contribution < 1.29 is 13.6 Å². The first-order valence-electron chi connectivity index (χ1n) is 10.9. The Morgan fingerprint density at radius 2 is 1.64 bits per heavy atom. The maximum atomic E-state index is 13.7. The summed E-state index contributed by atoms with van der Waals surface area (Å²) in [5.41, 5.74) is 4.19. The van der Waals surface area contributed by atoms with Crippen molar-refractivity contribution in [3.8, 4) is 0 Å². The first-order valence-corrected chi connectivity index (χ1v) is 11.7. The highest BCUT2D eigenvalue weighted by atomic mass is 79.9. The van der Waals surface area contributed by atoms with Gasteiger partial charge in [0.25, 0.3) is 5.91 Å². The molecule has 0 radical (unpaired) electrons. The van der Waals surface area contributed by atoms with Gasteiger partial charge in [-0.25, -0.2) is 13.8 Å². The third kappa shape index (κ3) is 4.27. The van der Waals surface area contributed by atoms with Crippen molar-refractivity contribution in [1.29, 1.82) is 0 Å². The standard InChI is InChI=1S/C27H21BrF2N2O/c28-24-7-2-1-5-22(24)27(33)32-26(18-10-14-21(30)15-11-18)23-6-3-4-19(25(23)31-32)16-17-8-12-20(29)13-9-17/h1-2,5,7-16,23,26H,3-4,6H2/b19-16+/t23-,26-/m0/s1. The Morgan fingerprint density at radius 1 is 0.970 bits per heavy atom. The molecule has 0 unspecified atom stereocenters. The lowest BCUT2D eigenvalue weighted by molar-refractivity contribution is 0.0680. The van der Waals surface area contributed by atoms with E-state index in [1.807, 2.05) is 24.3 Å². The fourth-order valence-electron chi connectivity index (χ4n) is 4.68. The smallest absolute Gasteiger partial charge is 0.267 e. The number of allylic oxidation sites excluding steroid dienone is 1. The van der Waals surface area contributed by atoms with Gasteiger partial charge in [-0.3, -0.25) is 4.79 Å². The summed E-state index contributed by atoms with van der Waals surface area (Å²) in [6.07, 6.45) is 4.69. The average molecular weight is 507 g/mol. The monoisotopic (exact) mass is 506 g/mol. The van der Waals surface area contributed by atoms with Gasteiger partial charge >= 0.3 is 0 Å². The van der Waals surface area contributed by atoms with Gasteiger partial charge in [0.2, 0.25) is 0 Å². The predicted molar refractivity (Wildman–Crippen MR) is 129 cm³/mol. The van der Waals surface area contributed by atoms with E-state index in [0.717, 1.165) is 41.7 Å². The number of carbonyl (C=O) groups excluding carboxylic acids is 1. The van der Waals surface area contributed by atoms with Crippen molar-refractivity contribution in [2.45, 2.75) is 25.3 Å². The Kier molecular flexibility index (Phi) is 5.94. The summed E-state index contributed by atoms with van der Waals surface area (Å²) in [5, 5.41) is 6.40. The molecule has 3 aromatic rings. The van der Waals surface area contributed by atoms with E-state index < -0.39 is 0 Å². The molecule has 166 valence electrons. The van der Waals surface area contributed by atoms with Crippen LogP contribution >= 0.6 is 15.9 Å². The Balaban J connectivity index is 1.59. The lowest BCUT2D eigenvalue weighted by Crippen LogP contribution is -2.32. The lowest BCUT2D eigenvalue weighted by atomic mass is 9.77. The van der Waals surface area contributed by atoms with Crippen molar-refractivity contribution in [3.05, 3.63) is 111 Å². The molecule has 2 aliphatic rings. The van der Waals surface area contributed by atoms with Gasteiger partial charge in [-0.2, -0.15) is 5.10 Å². The summed E-state index contributed by atoms with van der Waals surface area (Å²) in [5.74, 6) is -0.803. The van der Waals surface area contributed by atoms with Crippen LogP contribution in [0.3, 0.4) is 0 Å². The second-order valence-corrected chi connectivity index (χ2v) is 9.19. The molecule has 3 nitrogen and oxygen atoms in total. The van der Waals surface area contributed by atoms with E-state index in [0.29, 0.717) is 10.0 Å². The summed E-state index contributed by atoms with van der Waals surface area (Å²) >= 11 is 3.48. The molecule has 0 spiro atoms. The van der Waals surface area contributed by atoms with Crippen molar-refractivity contribution in [3.63, 3.8) is 0 Å². The molecule has 0 saturated heterocycles. The van der Waals surface area contributed by atoms with E-state index in [1.54, 1.807) is 35.3 Å². The molecule has 1 aliphatic heterocycles. The molecule has 1 aliphatic carbocycles. The molecule has 2 atom stereocenters. The molecule has 6 heteroatoms. The first-order chi connectivity index (χ1) is 16.0. The van der Waals surface area contributed by atoms with E-state index in [1.165, 1.54) is 24.3 Å². The van der Waals surface area contributed by atoms with Crippen molar-refractivity contribution in [1.82, 2.24) is 5.01 Å². The molecule has 33 heavy (non-hydrogen) atoms. The molecular formula is C27H21BrF2N2O. The van der Waals surface area contributed by atoms with E-state index in [9.17, 15) is 13.6 Å². The molecule has 3 aromatic carbocycles. The van der Waals surface area contributed by atoms with Crippen LogP contribution in [-0.2, 0) is 0 Å². The fourth-order valence-corrected chi connectivity index (χ4v) is 5.13. The van der Waals surface area contributed by atoms with Crippen LogP contribution in [0.4, 0.5) is 8.78 Å². The van der Waals surface area contributed by atoms with E-state index in [-0.39, 0.29) is 29.5 Å². The average Bonchev–Trinajstić information content (AvgIpc) is 3.22. The zero-order valence-corrected chi connectivity index (χ0v) is 19.3. The molecule has 1 fully saturated rings. The van der Waals surface area contributed by atoms with Crippen LogP contribution in [0, 0.1) is 17.6 Å². The van der Waals surface area contributed by atoms with Gasteiger partial charge in [-0.05, 0) is 94.4 Å². The molecule has 1 heterocycles. The van der Waals surface area contributed by atoms with Crippen molar-refractivity contribution in [2.75, 3.05) is 0 Å². The summed E-state index contributed by atoms with van der Waals surface area (Å²) in [4.78, 5) is 13.6. The minimum atomic E-state index is -0.322. The first kappa shape index (κ1) is 21.7. The van der Waals surface area contributed by atoms with Crippen LogP contribution in [-0.4, -0.2) is 16.6 Å². The van der Waals surface area contributed by atoms with Gasteiger partial charge in [-0.1, -0.05) is 36.4 Å². The minimum Gasteiger partial charge on any atom is -0.267 e. The van der Waals surface area contributed by atoms with Crippen molar-refractivity contribution >= 4 is 33.6 Å². The number of amides is 1. The van der Waals surface area contributed by atoms with Crippen LogP contribution < -0.4 is 0 Å².